The molecule has 19 heavy (non-hydrogen) atoms. The molecule has 1 aromatic heterocycles. The Kier molecular flexibility index (Phi) is 3.95. The number of anilines is 1. The first kappa shape index (κ1) is 13.7. The standard InChI is InChI=1S/C14H20N4O/c1-9(2)13-11(4-6-15)14(19)18(17-13)12-8-10(3)5-7-16-12/h5,7-9,11H,4,6,15H2,1-3H3. The van der Waals surface area contributed by atoms with Crippen molar-refractivity contribution in [3.63, 3.8) is 0 Å². The van der Waals surface area contributed by atoms with Crippen LogP contribution < -0.4 is 10.7 Å². The molecule has 0 fully saturated rings. The summed E-state index contributed by atoms with van der Waals surface area (Å²) < 4.78 is 0. The van der Waals surface area contributed by atoms with Crippen LogP contribution in [0.3, 0.4) is 0 Å². The van der Waals surface area contributed by atoms with Crippen LogP contribution in [0.1, 0.15) is 25.8 Å². The summed E-state index contributed by atoms with van der Waals surface area (Å²) in [5, 5.41) is 5.88. The second-order valence-electron chi connectivity index (χ2n) is 5.15. The minimum absolute atomic E-state index is 0.0211. The van der Waals surface area contributed by atoms with E-state index in [-0.39, 0.29) is 17.7 Å². The summed E-state index contributed by atoms with van der Waals surface area (Å²) in [6.45, 7) is 6.54. The van der Waals surface area contributed by atoms with E-state index in [0.29, 0.717) is 18.8 Å². The lowest BCUT2D eigenvalue weighted by molar-refractivity contribution is -0.119. The Hall–Kier alpha value is -1.75. The second-order valence-corrected chi connectivity index (χ2v) is 5.15. The predicted molar refractivity (Wildman–Crippen MR) is 75.9 cm³/mol. The van der Waals surface area contributed by atoms with Crippen molar-refractivity contribution >= 4 is 17.4 Å². The van der Waals surface area contributed by atoms with Crippen LogP contribution in [0, 0.1) is 18.8 Å². The van der Waals surface area contributed by atoms with Gasteiger partial charge in [-0.2, -0.15) is 10.1 Å². The number of rotatable bonds is 4. The lowest BCUT2D eigenvalue weighted by Crippen LogP contribution is -2.30. The summed E-state index contributed by atoms with van der Waals surface area (Å²) >= 11 is 0. The van der Waals surface area contributed by atoms with E-state index in [2.05, 4.69) is 10.1 Å². The first-order chi connectivity index (χ1) is 9.04. The number of hydrogen-bond acceptors (Lipinski definition) is 4. The molecule has 0 aromatic carbocycles. The quantitative estimate of drug-likeness (QED) is 0.895. The fourth-order valence-electron chi connectivity index (χ4n) is 2.26. The average molecular weight is 260 g/mol. The smallest absolute Gasteiger partial charge is 0.257 e. The zero-order valence-electron chi connectivity index (χ0n) is 11.6. The molecule has 5 nitrogen and oxygen atoms in total. The Balaban J connectivity index is 2.35. The van der Waals surface area contributed by atoms with E-state index in [1.807, 2.05) is 32.9 Å². The predicted octanol–water partition coefficient (Wildman–Crippen LogP) is 1.71. The fourth-order valence-corrected chi connectivity index (χ4v) is 2.26. The van der Waals surface area contributed by atoms with Gasteiger partial charge in [-0.25, -0.2) is 4.98 Å². The Morgan fingerprint density at radius 3 is 2.79 bits per heavy atom. The third-order valence-electron chi connectivity index (χ3n) is 3.24. The Morgan fingerprint density at radius 2 is 2.21 bits per heavy atom. The lowest BCUT2D eigenvalue weighted by atomic mass is 9.92. The normalized spacial score (nSPS) is 19.2. The molecule has 2 rings (SSSR count). The Morgan fingerprint density at radius 1 is 1.47 bits per heavy atom. The van der Waals surface area contributed by atoms with Crippen molar-refractivity contribution in [1.29, 1.82) is 0 Å². The summed E-state index contributed by atoms with van der Waals surface area (Å²) in [6, 6.07) is 3.76. The van der Waals surface area contributed by atoms with Crippen LogP contribution in [0.15, 0.2) is 23.4 Å². The molecule has 0 bridgehead atoms. The van der Waals surface area contributed by atoms with Crippen LogP contribution >= 0.6 is 0 Å². The molecule has 102 valence electrons. The van der Waals surface area contributed by atoms with Gasteiger partial charge in [-0.15, -0.1) is 0 Å². The number of nitrogens with two attached hydrogens (primary N) is 1. The number of carbonyl (C=O) groups is 1. The zero-order chi connectivity index (χ0) is 14.0. The summed E-state index contributed by atoms with van der Waals surface area (Å²) in [6.07, 6.45) is 2.33. The molecule has 2 N–H and O–H groups in total. The van der Waals surface area contributed by atoms with E-state index in [0.717, 1.165) is 11.3 Å². The molecule has 0 spiro atoms. The van der Waals surface area contributed by atoms with E-state index in [1.54, 1.807) is 6.20 Å². The average Bonchev–Trinajstić information content (AvgIpc) is 2.68. The van der Waals surface area contributed by atoms with E-state index in [9.17, 15) is 4.79 Å². The first-order valence-electron chi connectivity index (χ1n) is 6.59. The van der Waals surface area contributed by atoms with Gasteiger partial charge in [-0.1, -0.05) is 13.8 Å². The number of aromatic nitrogens is 1. The van der Waals surface area contributed by atoms with Gasteiger partial charge in [0.05, 0.1) is 11.6 Å². The molecule has 0 radical (unpaired) electrons. The van der Waals surface area contributed by atoms with Crippen molar-refractivity contribution in [2.75, 3.05) is 11.6 Å². The molecule has 1 unspecified atom stereocenters. The van der Waals surface area contributed by atoms with Crippen molar-refractivity contribution in [3.8, 4) is 0 Å². The van der Waals surface area contributed by atoms with Gasteiger partial charge in [0, 0.05) is 6.20 Å². The molecule has 5 heteroatoms. The van der Waals surface area contributed by atoms with Gasteiger partial charge >= 0.3 is 0 Å². The first-order valence-corrected chi connectivity index (χ1v) is 6.59. The molecule has 1 aromatic rings. The van der Waals surface area contributed by atoms with Crippen LogP contribution in [-0.2, 0) is 4.79 Å². The highest BCUT2D eigenvalue weighted by Gasteiger charge is 2.37. The molecule has 2 heterocycles. The van der Waals surface area contributed by atoms with E-state index < -0.39 is 0 Å². The molecule has 1 aliphatic heterocycles. The number of hydrazone groups is 1. The van der Waals surface area contributed by atoms with Gasteiger partial charge in [-0.05, 0) is 43.5 Å². The highest BCUT2D eigenvalue weighted by atomic mass is 16.2. The maximum absolute atomic E-state index is 12.4. The van der Waals surface area contributed by atoms with Crippen molar-refractivity contribution < 1.29 is 4.79 Å². The second kappa shape index (κ2) is 5.48. The Bertz CT molecular complexity index is 510. The minimum atomic E-state index is -0.202. The van der Waals surface area contributed by atoms with Crippen molar-refractivity contribution in [1.82, 2.24) is 4.98 Å². The number of carbonyl (C=O) groups excluding carboxylic acids is 1. The summed E-state index contributed by atoms with van der Waals surface area (Å²) in [4.78, 5) is 16.7. The maximum atomic E-state index is 12.4. The SMILES string of the molecule is Cc1ccnc(N2N=C(C(C)C)C(CCN)C2=O)c1. The molecular weight excluding hydrogens is 240 g/mol. The largest absolute Gasteiger partial charge is 0.330 e. The van der Waals surface area contributed by atoms with Crippen LogP contribution in [0.2, 0.25) is 0 Å². The van der Waals surface area contributed by atoms with Crippen LogP contribution in [-0.4, -0.2) is 23.1 Å². The lowest BCUT2D eigenvalue weighted by Gasteiger charge is -2.13. The molecule has 1 atom stereocenters. The highest BCUT2D eigenvalue weighted by molar-refractivity contribution is 6.15. The Labute approximate surface area is 113 Å². The van der Waals surface area contributed by atoms with Gasteiger partial charge < -0.3 is 5.73 Å². The van der Waals surface area contributed by atoms with Crippen molar-refractivity contribution in [2.24, 2.45) is 22.7 Å². The van der Waals surface area contributed by atoms with Crippen LogP contribution in [0.25, 0.3) is 0 Å². The number of pyridine rings is 1. The third-order valence-corrected chi connectivity index (χ3v) is 3.24. The van der Waals surface area contributed by atoms with Gasteiger partial charge in [-0.3, -0.25) is 4.79 Å². The van der Waals surface area contributed by atoms with Crippen molar-refractivity contribution in [3.05, 3.63) is 23.9 Å². The van der Waals surface area contributed by atoms with E-state index in [4.69, 9.17) is 5.73 Å². The highest BCUT2D eigenvalue weighted by Crippen LogP contribution is 2.27. The van der Waals surface area contributed by atoms with Crippen molar-refractivity contribution in [2.45, 2.75) is 27.2 Å². The van der Waals surface area contributed by atoms with E-state index >= 15 is 0 Å². The van der Waals surface area contributed by atoms with Gasteiger partial charge in [0.2, 0.25) is 0 Å². The minimum Gasteiger partial charge on any atom is -0.330 e. The van der Waals surface area contributed by atoms with Crippen LogP contribution in [0.4, 0.5) is 5.82 Å². The molecule has 1 aliphatic rings. The van der Waals surface area contributed by atoms with Crippen LogP contribution in [0.5, 0.6) is 0 Å². The summed E-state index contributed by atoms with van der Waals surface area (Å²) in [5.74, 6) is 0.595. The zero-order valence-corrected chi connectivity index (χ0v) is 11.6. The number of nitrogens with zero attached hydrogens (tertiary/aromatic N) is 3. The number of amides is 1. The monoisotopic (exact) mass is 260 g/mol. The topological polar surface area (TPSA) is 71.6 Å². The maximum Gasteiger partial charge on any atom is 0.257 e. The molecule has 0 aliphatic carbocycles. The number of hydrogen-bond donors (Lipinski definition) is 1. The fraction of sp³-hybridized carbons (Fsp3) is 0.500. The molecule has 0 saturated heterocycles. The summed E-state index contributed by atoms with van der Waals surface area (Å²) in [7, 11) is 0. The van der Waals surface area contributed by atoms with Gasteiger partial charge in [0.15, 0.2) is 5.82 Å². The van der Waals surface area contributed by atoms with E-state index in [1.165, 1.54) is 5.01 Å². The van der Waals surface area contributed by atoms with Gasteiger partial charge in [0.25, 0.3) is 5.91 Å². The van der Waals surface area contributed by atoms with Gasteiger partial charge in [0.1, 0.15) is 0 Å². The molecule has 0 saturated carbocycles. The molecular formula is C14H20N4O. The number of aryl methyl sites for hydroxylation is 1. The third kappa shape index (κ3) is 2.66. The molecule has 1 amide bonds. The summed E-state index contributed by atoms with van der Waals surface area (Å²) in [5.41, 5.74) is 7.56.